The minimum absolute atomic E-state index is 0.0698. The fourth-order valence-corrected chi connectivity index (χ4v) is 2.40. The number of hydrogen-bond donors (Lipinski definition) is 1. The summed E-state index contributed by atoms with van der Waals surface area (Å²) in [6.07, 6.45) is 0. The molecule has 0 aliphatic rings. The zero-order valence-corrected chi connectivity index (χ0v) is 12.3. The van der Waals surface area contributed by atoms with Crippen LogP contribution < -0.4 is 10.6 Å². The number of nitrogen functional groups attached to an aromatic ring is 1. The van der Waals surface area contributed by atoms with Crippen LogP contribution in [0.4, 0.5) is 11.4 Å². The quantitative estimate of drug-likeness (QED) is 0.871. The van der Waals surface area contributed by atoms with Crippen LogP contribution in [0.25, 0.3) is 0 Å². The summed E-state index contributed by atoms with van der Waals surface area (Å²) in [5, 5.41) is 0.626. The Balaban J connectivity index is 2.42. The summed E-state index contributed by atoms with van der Waals surface area (Å²) in [4.78, 5) is 14.4. The van der Waals surface area contributed by atoms with Crippen molar-refractivity contribution < 1.29 is 4.79 Å². The van der Waals surface area contributed by atoms with Gasteiger partial charge in [0.1, 0.15) is 0 Å². The van der Waals surface area contributed by atoms with Crippen LogP contribution in [0.5, 0.6) is 0 Å². The lowest BCUT2D eigenvalue weighted by molar-refractivity contribution is 0.0988. The topological polar surface area (TPSA) is 46.3 Å². The van der Waals surface area contributed by atoms with E-state index in [4.69, 9.17) is 17.3 Å². The summed E-state index contributed by atoms with van der Waals surface area (Å²) in [6, 6.07) is 12.6. The number of carbonyl (C=O) groups is 1. The summed E-state index contributed by atoms with van der Waals surface area (Å²) < 4.78 is 0. The van der Waals surface area contributed by atoms with E-state index in [9.17, 15) is 4.79 Å². The predicted molar refractivity (Wildman–Crippen MR) is 84.4 cm³/mol. The normalized spacial score (nSPS) is 10.3. The Kier molecular flexibility index (Phi) is 4.30. The van der Waals surface area contributed by atoms with Gasteiger partial charge in [-0.15, -0.1) is 0 Å². The van der Waals surface area contributed by atoms with E-state index in [0.717, 1.165) is 11.3 Å². The monoisotopic (exact) mass is 288 g/mol. The molecular formula is C16H17ClN2O. The number of halogens is 1. The molecule has 0 spiro atoms. The van der Waals surface area contributed by atoms with Crippen molar-refractivity contribution in [1.29, 1.82) is 0 Å². The van der Waals surface area contributed by atoms with E-state index in [1.807, 2.05) is 32.0 Å². The largest absolute Gasteiger partial charge is 0.397 e. The molecule has 0 aromatic heterocycles. The second kappa shape index (κ2) is 5.97. The molecule has 0 heterocycles. The van der Waals surface area contributed by atoms with Crippen molar-refractivity contribution in [3.05, 3.63) is 58.6 Å². The number of benzene rings is 2. The molecule has 0 aliphatic heterocycles. The summed E-state index contributed by atoms with van der Waals surface area (Å²) >= 11 is 5.93. The number of rotatable bonds is 3. The Hall–Kier alpha value is -2.00. The standard InChI is InChI=1S/C16H17ClN2O/c1-3-19(15-7-5-4-6-14(15)18)16(20)13-9-8-12(17)10-11(13)2/h4-10H,3,18H2,1-2H3. The van der Waals surface area contributed by atoms with E-state index in [1.165, 1.54) is 0 Å². The van der Waals surface area contributed by atoms with Gasteiger partial charge in [-0.3, -0.25) is 4.79 Å². The lowest BCUT2D eigenvalue weighted by Gasteiger charge is -2.23. The third-order valence-electron chi connectivity index (χ3n) is 3.21. The van der Waals surface area contributed by atoms with Gasteiger partial charge >= 0.3 is 0 Å². The first-order valence-corrected chi connectivity index (χ1v) is 6.85. The molecule has 3 nitrogen and oxygen atoms in total. The molecule has 0 saturated heterocycles. The van der Waals surface area contributed by atoms with Gasteiger partial charge in [0.25, 0.3) is 5.91 Å². The first-order valence-electron chi connectivity index (χ1n) is 6.47. The summed E-state index contributed by atoms with van der Waals surface area (Å²) in [7, 11) is 0. The SMILES string of the molecule is CCN(C(=O)c1ccc(Cl)cc1C)c1ccccc1N. The molecule has 104 valence electrons. The molecular weight excluding hydrogens is 272 g/mol. The molecule has 2 aromatic rings. The van der Waals surface area contributed by atoms with Gasteiger partial charge in [-0.2, -0.15) is 0 Å². The zero-order chi connectivity index (χ0) is 14.7. The Morgan fingerprint density at radius 3 is 2.55 bits per heavy atom. The molecule has 0 radical (unpaired) electrons. The molecule has 4 heteroatoms. The summed E-state index contributed by atoms with van der Waals surface area (Å²) in [6.45, 7) is 4.35. The number of carbonyl (C=O) groups excluding carboxylic acids is 1. The maximum Gasteiger partial charge on any atom is 0.258 e. The number of amides is 1. The second-order valence-electron chi connectivity index (χ2n) is 4.57. The smallest absolute Gasteiger partial charge is 0.258 e. The van der Waals surface area contributed by atoms with Gasteiger partial charge in [0.05, 0.1) is 11.4 Å². The van der Waals surface area contributed by atoms with Crippen LogP contribution in [0.3, 0.4) is 0 Å². The third kappa shape index (κ3) is 2.78. The van der Waals surface area contributed by atoms with E-state index in [-0.39, 0.29) is 5.91 Å². The Morgan fingerprint density at radius 2 is 1.95 bits per heavy atom. The lowest BCUT2D eigenvalue weighted by atomic mass is 10.1. The number of aryl methyl sites for hydroxylation is 1. The van der Waals surface area contributed by atoms with Gasteiger partial charge in [0.2, 0.25) is 0 Å². The summed E-state index contributed by atoms with van der Waals surface area (Å²) in [5.41, 5.74) is 8.78. The molecule has 0 unspecified atom stereocenters. The van der Waals surface area contributed by atoms with Gasteiger partial charge in [0, 0.05) is 17.1 Å². The molecule has 2 N–H and O–H groups in total. The van der Waals surface area contributed by atoms with E-state index in [0.29, 0.717) is 22.8 Å². The van der Waals surface area contributed by atoms with Crippen molar-refractivity contribution in [1.82, 2.24) is 0 Å². The highest BCUT2D eigenvalue weighted by Crippen LogP contribution is 2.25. The van der Waals surface area contributed by atoms with Gasteiger partial charge in [-0.1, -0.05) is 23.7 Å². The number of nitrogens with two attached hydrogens (primary N) is 1. The van der Waals surface area contributed by atoms with Crippen LogP contribution in [0.15, 0.2) is 42.5 Å². The highest BCUT2D eigenvalue weighted by atomic mass is 35.5. The lowest BCUT2D eigenvalue weighted by Crippen LogP contribution is -2.31. The second-order valence-corrected chi connectivity index (χ2v) is 5.00. The molecule has 1 amide bonds. The average molecular weight is 289 g/mol. The summed E-state index contributed by atoms with van der Waals surface area (Å²) in [5.74, 6) is -0.0698. The van der Waals surface area contributed by atoms with Crippen molar-refractivity contribution >= 4 is 28.9 Å². The van der Waals surface area contributed by atoms with Gasteiger partial charge in [0.15, 0.2) is 0 Å². The molecule has 0 fully saturated rings. The van der Waals surface area contributed by atoms with E-state index >= 15 is 0 Å². The Labute approximate surface area is 124 Å². The van der Waals surface area contributed by atoms with Crippen molar-refractivity contribution in [2.24, 2.45) is 0 Å². The number of para-hydroxylation sites is 2. The van der Waals surface area contributed by atoms with Crippen LogP contribution >= 0.6 is 11.6 Å². The highest BCUT2D eigenvalue weighted by Gasteiger charge is 2.19. The van der Waals surface area contributed by atoms with Gasteiger partial charge in [-0.05, 0) is 49.7 Å². The van der Waals surface area contributed by atoms with Crippen LogP contribution in [0.2, 0.25) is 5.02 Å². The van der Waals surface area contributed by atoms with Gasteiger partial charge < -0.3 is 10.6 Å². The Morgan fingerprint density at radius 1 is 1.25 bits per heavy atom. The molecule has 20 heavy (non-hydrogen) atoms. The number of nitrogens with zero attached hydrogens (tertiary/aromatic N) is 1. The first-order chi connectivity index (χ1) is 9.54. The van der Waals surface area contributed by atoms with Crippen molar-refractivity contribution in [2.75, 3.05) is 17.2 Å². The average Bonchev–Trinajstić information content (AvgIpc) is 2.41. The highest BCUT2D eigenvalue weighted by molar-refractivity contribution is 6.30. The van der Waals surface area contributed by atoms with Crippen LogP contribution in [-0.4, -0.2) is 12.5 Å². The molecule has 2 aromatic carbocycles. The van der Waals surface area contributed by atoms with Crippen molar-refractivity contribution in [2.45, 2.75) is 13.8 Å². The van der Waals surface area contributed by atoms with E-state index in [2.05, 4.69) is 0 Å². The van der Waals surface area contributed by atoms with Crippen molar-refractivity contribution in [3.63, 3.8) is 0 Å². The third-order valence-corrected chi connectivity index (χ3v) is 3.44. The molecule has 0 bridgehead atoms. The minimum Gasteiger partial charge on any atom is -0.397 e. The first kappa shape index (κ1) is 14.4. The fourth-order valence-electron chi connectivity index (χ4n) is 2.17. The number of anilines is 2. The molecule has 0 saturated carbocycles. The maximum atomic E-state index is 12.7. The zero-order valence-electron chi connectivity index (χ0n) is 11.6. The van der Waals surface area contributed by atoms with E-state index < -0.39 is 0 Å². The van der Waals surface area contributed by atoms with E-state index in [1.54, 1.807) is 29.2 Å². The molecule has 0 aliphatic carbocycles. The number of hydrogen-bond acceptors (Lipinski definition) is 2. The van der Waals surface area contributed by atoms with Crippen LogP contribution in [0, 0.1) is 6.92 Å². The van der Waals surface area contributed by atoms with Gasteiger partial charge in [-0.25, -0.2) is 0 Å². The van der Waals surface area contributed by atoms with Crippen molar-refractivity contribution in [3.8, 4) is 0 Å². The van der Waals surface area contributed by atoms with Crippen LogP contribution in [-0.2, 0) is 0 Å². The molecule has 0 atom stereocenters. The Bertz CT molecular complexity index is 640. The maximum absolute atomic E-state index is 12.7. The minimum atomic E-state index is -0.0698. The predicted octanol–water partition coefficient (Wildman–Crippen LogP) is 3.90. The van der Waals surface area contributed by atoms with Crippen LogP contribution in [0.1, 0.15) is 22.8 Å². The molecule has 2 rings (SSSR count). The fraction of sp³-hybridized carbons (Fsp3) is 0.188.